The Kier molecular flexibility index (Phi) is 7.52. The van der Waals surface area contributed by atoms with Gasteiger partial charge in [0.1, 0.15) is 12.4 Å². The average Bonchev–Trinajstić information content (AvgIpc) is 2.39. The zero-order chi connectivity index (χ0) is 22.1. The maximum atomic E-state index is 13.1. The molecule has 0 spiro atoms. The second-order valence-electron chi connectivity index (χ2n) is 6.36. The number of ether oxygens (including phenoxy) is 2. The number of hydrogen-bond acceptors (Lipinski definition) is 6. The third kappa shape index (κ3) is 6.62. The van der Waals surface area contributed by atoms with E-state index in [-0.39, 0.29) is 5.57 Å². The van der Waals surface area contributed by atoms with Gasteiger partial charge in [-0.25, -0.2) is 4.79 Å². The molecule has 0 rings (SSSR count). The molecule has 0 aromatic carbocycles. The zero-order valence-electron chi connectivity index (χ0n) is 14.3. The monoisotopic (exact) mass is 432 g/mol. The molecule has 0 aromatic rings. The second kappa shape index (κ2) is 7.93. The number of alkyl halides is 6. The third-order valence-corrected chi connectivity index (χ3v) is 3.98. The van der Waals surface area contributed by atoms with E-state index in [0.29, 0.717) is 0 Å². The maximum absolute atomic E-state index is 13.1. The average molecular weight is 432 g/mol. The van der Waals surface area contributed by atoms with Gasteiger partial charge in [-0.1, -0.05) is 20.4 Å². The van der Waals surface area contributed by atoms with Crippen molar-refractivity contribution in [2.75, 3.05) is 12.4 Å². The highest BCUT2D eigenvalue weighted by Gasteiger charge is 2.75. The van der Waals surface area contributed by atoms with Crippen molar-refractivity contribution in [3.8, 4) is 0 Å². The highest BCUT2D eigenvalue weighted by atomic mass is 32.2. The van der Waals surface area contributed by atoms with Crippen LogP contribution in [0, 0.1) is 5.41 Å². The van der Waals surface area contributed by atoms with E-state index in [4.69, 9.17) is 4.55 Å². The minimum Gasteiger partial charge on any atom is -0.462 e. The molecule has 2 N–H and O–H groups in total. The molecule has 0 aliphatic heterocycles. The highest BCUT2D eigenvalue weighted by molar-refractivity contribution is 7.85. The number of aliphatic hydroxyl groups excluding tert-OH is 1. The zero-order valence-corrected chi connectivity index (χ0v) is 15.1. The number of esters is 1. The normalized spacial score (nSPS) is 15.4. The van der Waals surface area contributed by atoms with E-state index in [0.717, 1.165) is 13.8 Å². The van der Waals surface area contributed by atoms with Crippen LogP contribution in [0.3, 0.4) is 0 Å². The van der Waals surface area contributed by atoms with Gasteiger partial charge in [0, 0.05) is 11.0 Å². The molecule has 0 bridgehead atoms. The van der Waals surface area contributed by atoms with Crippen LogP contribution >= 0.6 is 0 Å². The molecule has 7 nitrogen and oxygen atoms in total. The molecule has 0 radical (unpaired) electrons. The van der Waals surface area contributed by atoms with Gasteiger partial charge in [-0.3, -0.25) is 4.55 Å². The van der Waals surface area contributed by atoms with Crippen LogP contribution in [0.15, 0.2) is 12.2 Å². The fourth-order valence-electron chi connectivity index (χ4n) is 1.55. The molecule has 0 amide bonds. The van der Waals surface area contributed by atoms with Crippen LogP contribution in [0.25, 0.3) is 0 Å². The fourth-order valence-corrected chi connectivity index (χ4v) is 2.45. The number of aliphatic hydroxyl groups is 1. The lowest BCUT2D eigenvalue weighted by Crippen LogP contribution is -2.65. The van der Waals surface area contributed by atoms with E-state index in [2.05, 4.69) is 16.1 Å². The topological polar surface area (TPSA) is 110 Å². The first-order valence-corrected chi connectivity index (χ1v) is 8.54. The first kappa shape index (κ1) is 25.6. The highest BCUT2D eigenvalue weighted by Crippen LogP contribution is 2.48. The second-order valence-corrected chi connectivity index (χ2v) is 7.82. The molecule has 14 heteroatoms. The molecule has 0 unspecified atom stereocenters. The number of hydrogen-bond donors (Lipinski definition) is 2. The van der Waals surface area contributed by atoms with Crippen molar-refractivity contribution >= 4 is 16.1 Å². The van der Waals surface area contributed by atoms with Gasteiger partial charge in [0.2, 0.25) is 0 Å². The summed E-state index contributed by atoms with van der Waals surface area (Å²) in [6.07, 6.45) is -15.7. The van der Waals surface area contributed by atoms with E-state index in [1.165, 1.54) is 6.92 Å². The number of halogens is 6. The summed E-state index contributed by atoms with van der Waals surface area (Å²) in [5.41, 5.74) is -7.60. The van der Waals surface area contributed by atoms with Crippen LogP contribution in [0.2, 0.25) is 0 Å². The smallest absolute Gasteiger partial charge is 0.427 e. The largest absolute Gasteiger partial charge is 0.462 e. The fraction of sp³-hybridized carbons (Fsp3) is 0.769. The summed E-state index contributed by atoms with van der Waals surface area (Å²) in [4.78, 5) is 11.3. The quantitative estimate of drug-likeness (QED) is 0.199. The van der Waals surface area contributed by atoms with Crippen molar-refractivity contribution in [3.63, 3.8) is 0 Å². The molecule has 0 aliphatic carbocycles. The molecule has 0 aliphatic rings. The van der Waals surface area contributed by atoms with Gasteiger partial charge < -0.3 is 14.6 Å². The Morgan fingerprint density at radius 1 is 1.11 bits per heavy atom. The van der Waals surface area contributed by atoms with E-state index in [1.54, 1.807) is 0 Å². The molecular formula is C13H18F6O7S. The van der Waals surface area contributed by atoms with Gasteiger partial charge in [-0.2, -0.15) is 34.8 Å². The lowest BCUT2D eigenvalue weighted by Gasteiger charge is -2.41. The lowest BCUT2D eigenvalue weighted by atomic mass is 9.93. The molecule has 0 heterocycles. The molecule has 0 aromatic heterocycles. The Hall–Kier alpha value is -1.38. The Labute approximate surface area is 150 Å². The van der Waals surface area contributed by atoms with Crippen LogP contribution in [0.4, 0.5) is 26.3 Å². The van der Waals surface area contributed by atoms with Crippen molar-refractivity contribution in [2.45, 2.75) is 45.0 Å². The van der Waals surface area contributed by atoms with Crippen LogP contribution in [-0.4, -0.2) is 60.6 Å². The number of carbonyl (C=O) groups is 1. The van der Waals surface area contributed by atoms with E-state index in [1.807, 2.05) is 0 Å². The Bertz CT molecular complexity index is 652. The van der Waals surface area contributed by atoms with Gasteiger partial charge in [0.25, 0.3) is 15.7 Å². The number of rotatable bonds is 8. The molecule has 1 atom stereocenters. The number of carbonyl (C=O) groups excluding carboxylic acids is 1. The summed E-state index contributed by atoms with van der Waals surface area (Å²) in [6.45, 7) is 5.32. The van der Waals surface area contributed by atoms with Gasteiger partial charge in [-0.05, 0) is 6.92 Å². The van der Waals surface area contributed by atoms with Crippen LogP contribution in [0.1, 0.15) is 20.8 Å². The third-order valence-electron chi connectivity index (χ3n) is 3.21. The molecule has 0 saturated carbocycles. The van der Waals surface area contributed by atoms with E-state index >= 15 is 0 Å². The van der Waals surface area contributed by atoms with Crippen LogP contribution in [0.5, 0.6) is 0 Å². The summed E-state index contributed by atoms with van der Waals surface area (Å²) >= 11 is 0. The maximum Gasteiger partial charge on any atom is 0.427 e. The predicted octanol–water partition coefficient (Wildman–Crippen LogP) is 2.22. The Balaban J connectivity index is 5.91. The van der Waals surface area contributed by atoms with E-state index in [9.17, 15) is 44.7 Å². The van der Waals surface area contributed by atoms with Crippen molar-refractivity contribution in [3.05, 3.63) is 12.2 Å². The molecule has 0 fully saturated rings. The summed E-state index contributed by atoms with van der Waals surface area (Å²) in [5, 5.41) is 9.78. The lowest BCUT2D eigenvalue weighted by molar-refractivity contribution is -0.407. The van der Waals surface area contributed by atoms with Gasteiger partial charge >= 0.3 is 18.3 Å². The summed E-state index contributed by atoms with van der Waals surface area (Å²) in [5.74, 6) is -3.97. The summed E-state index contributed by atoms with van der Waals surface area (Å²) in [6, 6.07) is 0. The minimum atomic E-state index is -6.38. The van der Waals surface area contributed by atoms with Gasteiger partial charge in [-0.15, -0.1) is 0 Å². The van der Waals surface area contributed by atoms with Crippen molar-refractivity contribution in [1.29, 1.82) is 0 Å². The summed E-state index contributed by atoms with van der Waals surface area (Å²) in [7, 11) is -5.85. The molecule has 27 heavy (non-hydrogen) atoms. The molecular weight excluding hydrogens is 414 g/mol. The first-order chi connectivity index (χ1) is 11.7. The van der Waals surface area contributed by atoms with Crippen LogP contribution < -0.4 is 0 Å². The van der Waals surface area contributed by atoms with Gasteiger partial charge in [0.15, 0.2) is 6.29 Å². The van der Waals surface area contributed by atoms with Crippen molar-refractivity contribution < 1.29 is 58.7 Å². The van der Waals surface area contributed by atoms with E-state index < -0.39 is 58.1 Å². The van der Waals surface area contributed by atoms with Crippen molar-refractivity contribution in [2.24, 2.45) is 5.41 Å². The molecule has 0 saturated heterocycles. The summed E-state index contributed by atoms with van der Waals surface area (Å²) < 4.78 is 117. The SMILES string of the molecule is C=C(C)C(=O)OCC(C)(C)[C@@H](O)OC(CS(=O)(=O)O)(C(F)(F)F)C(F)(F)F. The predicted molar refractivity (Wildman–Crippen MR) is 77.9 cm³/mol. The van der Waals surface area contributed by atoms with Crippen molar-refractivity contribution in [1.82, 2.24) is 0 Å². The van der Waals surface area contributed by atoms with Gasteiger partial charge in [0.05, 0.1) is 0 Å². The van der Waals surface area contributed by atoms with Crippen LogP contribution in [-0.2, 0) is 24.4 Å². The Morgan fingerprint density at radius 3 is 1.81 bits per heavy atom. The Morgan fingerprint density at radius 2 is 1.52 bits per heavy atom. The standard InChI is InChI=1S/C13H18F6O7S/c1-7(2)8(20)25-5-10(3,4)9(21)26-11(12(14,15)16,13(17,18)19)6-27(22,23)24/h9,21H,1,5-6H2,2-4H3,(H,22,23,24)/t9-/m0/s1. The molecule has 160 valence electrons. The minimum absolute atomic E-state index is 0.132. The first-order valence-electron chi connectivity index (χ1n) is 6.93.